The number of anilines is 1. The highest BCUT2D eigenvalue weighted by Crippen LogP contribution is 2.49. The van der Waals surface area contributed by atoms with E-state index < -0.39 is 11.6 Å². The van der Waals surface area contributed by atoms with Crippen molar-refractivity contribution < 1.29 is 8.78 Å². The molecule has 3 rings (SSSR count). The second-order valence-corrected chi connectivity index (χ2v) is 5.60. The van der Waals surface area contributed by atoms with Gasteiger partial charge in [0.1, 0.15) is 17.3 Å². The van der Waals surface area contributed by atoms with Gasteiger partial charge in [0.2, 0.25) is 0 Å². The molecule has 1 saturated heterocycles. The van der Waals surface area contributed by atoms with E-state index in [1.54, 1.807) is 0 Å². The van der Waals surface area contributed by atoms with Crippen molar-refractivity contribution in [1.29, 1.82) is 0 Å². The first-order chi connectivity index (χ1) is 8.69. The van der Waals surface area contributed by atoms with Crippen LogP contribution in [0.5, 0.6) is 0 Å². The molecule has 1 aromatic rings. The van der Waals surface area contributed by atoms with Crippen molar-refractivity contribution in [2.75, 3.05) is 18.4 Å². The minimum absolute atomic E-state index is 0.0336. The molecule has 1 aliphatic carbocycles. The monoisotopic (exact) mass is 252 g/mol. The standard InChI is InChI=1S/C14H18F2N2/c15-11-2-1-3-12(16)13(11)18-10-8-14(9-10)4-6-17-7-5-14/h1-3,10,17-18H,4-9H2. The van der Waals surface area contributed by atoms with E-state index in [2.05, 4.69) is 10.6 Å². The van der Waals surface area contributed by atoms with E-state index >= 15 is 0 Å². The smallest absolute Gasteiger partial charge is 0.149 e. The van der Waals surface area contributed by atoms with Crippen LogP contribution >= 0.6 is 0 Å². The summed E-state index contributed by atoms with van der Waals surface area (Å²) in [6.07, 6.45) is 4.43. The molecule has 1 aliphatic heterocycles. The van der Waals surface area contributed by atoms with Gasteiger partial charge in [0, 0.05) is 6.04 Å². The minimum Gasteiger partial charge on any atom is -0.378 e. The zero-order chi connectivity index (χ0) is 12.6. The summed E-state index contributed by atoms with van der Waals surface area (Å²) >= 11 is 0. The molecule has 1 spiro atoms. The molecule has 0 unspecified atom stereocenters. The molecule has 2 aliphatic rings. The Hall–Kier alpha value is -1.16. The van der Waals surface area contributed by atoms with Crippen molar-refractivity contribution in [2.45, 2.75) is 31.7 Å². The Balaban J connectivity index is 1.62. The highest BCUT2D eigenvalue weighted by atomic mass is 19.1. The van der Waals surface area contributed by atoms with E-state index in [-0.39, 0.29) is 11.7 Å². The van der Waals surface area contributed by atoms with Crippen molar-refractivity contribution in [3.05, 3.63) is 29.8 Å². The SMILES string of the molecule is Fc1cccc(F)c1NC1CC2(CCNCC2)C1. The van der Waals surface area contributed by atoms with Gasteiger partial charge in [-0.25, -0.2) is 8.78 Å². The number of nitrogens with one attached hydrogen (secondary N) is 2. The highest BCUT2D eigenvalue weighted by Gasteiger charge is 2.44. The van der Waals surface area contributed by atoms with E-state index in [4.69, 9.17) is 0 Å². The van der Waals surface area contributed by atoms with Crippen molar-refractivity contribution in [3.63, 3.8) is 0 Å². The third-order valence-corrected chi connectivity index (χ3v) is 4.33. The molecule has 1 heterocycles. The van der Waals surface area contributed by atoms with Crippen LogP contribution in [0.3, 0.4) is 0 Å². The Morgan fingerprint density at radius 2 is 1.72 bits per heavy atom. The van der Waals surface area contributed by atoms with Crippen LogP contribution in [0.25, 0.3) is 0 Å². The van der Waals surface area contributed by atoms with Crippen LogP contribution in [0.2, 0.25) is 0 Å². The molecule has 2 N–H and O–H groups in total. The molecule has 18 heavy (non-hydrogen) atoms. The topological polar surface area (TPSA) is 24.1 Å². The fourth-order valence-electron chi connectivity index (χ4n) is 3.29. The second kappa shape index (κ2) is 4.50. The first kappa shape index (κ1) is 11.9. The molecule has 1 aromatic carbocycles. The number of hydrogen-bond acceptors (Lipinski definition) is 2. The quantitative estimate of drug-likeness (QED) is 0.845. The Morgan fingerprint density at radius 3 is 2.33 bits per heavy atom. The largest absolute Gasteiger partial charge is 0.378 e. The van der Waals surface area contributed by atoms with Crippen LogP contribution < -0.4 is 10.6 Å². The minimum atomic E-state index is -0.499. The summed E-state index contributed by atoms with van der Waals surface area (Å²) in [4.78, 5) is 0. The van der Waals surface area contributed by atoms with E-state index in [1.807, 2.05) is 0 Å². The summed E-state index contributed by atoms with van der Waals surface area (Å²) in [5, 5.41) is 6.37. The highest BCUT2D eigenvalue weighted by molar-refractivity contribution is 5.47. The summed E-state index contributed by atoms with van der Waals surface area (Å²) in [6.45, 7) is 2.14. The molecular formula is C14H18F2N2. The number of halogens is 2. The molecule has 0 atom stereocenters. The first-order valence-corrected chi connectivity index (χ1v) is 6.60. The first-order valence-electron chi connectivity index (χ1n) is 6.60. The molecule has 0 radical (unpaired) electrons. The van der Waals surface area contributed by atoms with Gasteiger partial charge in [-0.05, 0) is 56.3 Å². The van der Waals surface area contributed by atoms with Crippen molar-refractivity contribution >= 4 is 5.69 Å². The van der Waals surface area contributed by atoms with Crippen molar-refractivity contribution in [3.8, 4) is 0 Å². The molecule has 2 fully saturated rings. The molecule has 4 heteroatoms. The maximum atomic E-state index is 13.5. The predicted octanol–water partition coefficient (Wildman–Crippen LogP) is 2.91. The molecule has 1 saturated carbocycles. The molecule has 0 aromatic heterocycles. The summed E-state index contributed by atoms with van der Waals surface area (Å²) < 4.78 is 27.0. The predicted molar refractivity (Wildman–Crippen MR) is 67.5 cm³/mol. The number of rotatable bonds is 2. The lowest BCUT2D eigenvalue weighted by molar-refractivity contribution is 0.0715. The zero-order valence-corrected chi connectivity index (χ0v) is 10.3. The average molecular weight is 252 g/mol. The number of para-hydroxylation sites is 1. The van der Waals surface area contributed by atoms with Gasteiger partial charge in [-0.1, -0.05) is 6.07 Å². The van der Waals surface area contributed by atoms with Gasteiger partial charge >= 0.3 is 0 Å². The normalized spacial score (nSPS) is 22.8. The Bertz CT molecular complexity index is 413. The van der Waals surface area contributed by atoms with Gasteiger partial charge in [0.15, 0.2) is 0 Å². The molecule has 2 nitrogen and oxygen atoms in total. The molecule has 0 bridgehead atoms. The van der Waals surface area contributed by atoms with E-state index in [1.165, 1.54) is 31.0 Å². The van der Waals surface area contributed by atoms with Gasteiger partial charge in [-0.2, -0.15) is 0 Å². The number of hydrogen-bond donors (Lipinski definition) is 2. The maximum absolute atomic E-state index is 13.5. The van der Waals surface area contributed by atoms with Crippen LogP contribution in [-0.2, 0) is 0 Å². The Kier molecular flexibility index (Phi) is 2.98. The lowest BCUT2D eigenvalue weighted by Crippen LogP contribution is -2.50. The van der Waals surface area contributed by atoms with Gasteiger partial charge < -0.3 is 10.6 Å². The van der Waals surface area contributed by atoms with Crippen LogP contribution in [0.4, 0.5) is 14.5 Å². The van der Waals surface area contributed by atoms with Gasteiger partial charge in [0.05, 0.1) is 0 Å². The van der Waals surface area contributed by atoms with Crippen LogP contribution in [0.1, 0.15) is 25.7 Å². The maximum Gasteiger partial charge on any atom is 0.149 e. The Morgan fingerprint density at radius 1 is 1.11 bits per heavy atom. The summed E-state index contributed by atoms with van der Waals surface area (Å²) in [5.74, 6) is -0.998. The summed E-state index contributed by atoms with van der Waals surface area (Å²) in [7, 11) is 0. The van der Waals surface area contributed by atoms with Gasteiger partial charge in [-0.15, -0.1) is 0 Å². The summed E-state index contributed by atoms with van der Waals surface area (Å²) in [6, 6.07) is 4.20. The fourth-order valence-corrected chi connectivity index (χ4v) is 3.29. The molecule has 98 valence electrons. The van der Waals surface area contributed by atoms with Crippen LogP contribution in [0, 0.1) is 17.0 Å². The lowest BCUT2D eigenvalue weighted by Gasteiger charge is -2.50. The van der Waals surface area contributed by atoms with Crippen LogP contribution in [0.15, 0.2) is 18.2 Å². The fraction of sp³-hybridized carbons (Fsp3) is 0.571. The van der Waals surface area contributed by atoms with E-state index in [0.29, 0.717) is 5.41 Å². The van der Waals surface area contributed by atoms with E-state index in [9.17, 15) is 8.78 Å². The Labute approximate surface area is 106 Å². The number of benzene rings is 1. The third kappa shape index (κ3) is 2.09. The van der Waals surface area contributed by atoms with Crippen LogP contribution in [-0.4, -0.2) is 19.1 Å². The zero-order valence-electron chi connectivity index (χ0n) is 10.3. The third-order valence-electron chi connectivity index (χ3n) is 4.33. The molecular weight excluding hydrogens is 234 g/mol. The number of piperidine rings is 1. The van der Waals surface area contributed by atoms with Crippen molar-refractivity contribution in [1.82, 2.24) is 5.32 Å². The second-order valence-electron chi connectivity index (χ2n) is 5.60. The van der Waals surface area contributed by atoms with Gasteiger partial charge in [0.25, 0.3) is 0 Å². The molecule has 0 amide bonds. The lowest BCUT2D eigenvalue weighted by atomic mass is 9.60. The van der Waals surface area contributed by atoms with E-state index in [0.717, 1.165) is 25.9 Å². The van der Waals surface area contributed by atoms with Crippen molar-refractivity contribution in [2.24, 2.45) is 5.41 Å². The van der Waals surface area contributed by atoms with Gasteiger partial charge in [-0.3, -0.25) is 0 Å². The average Bonchev–Trinajstić information content (AvgIpc) is 2.33. The summed E-state index contributed by atoms with van der Waals surface area (Å²) in [5.41, 5.74) is 0.455.